The second-order valence-electron chi connectivity index (χ2n) is 10.3. The minimum Gasteiger partial charge on any atom is -0.444 e. The summed E-state index contributed by atoms with van der Waals surface area (Å²) in [7, 11) is 1.42. The quantitative estimate of drug-likeness (QED) is 0.377. The van der Waals surface area contributed by atoms with Crippen molar-refractivity contribution in [1.29, 1.82) is 0 Å². The Morgan fingerprint density at radius 2 is 2.08 bits per heavy atom. The molecule has 12 heteroatoms. The van der Waals surface area contributed by atoms with E-state index in [0.29, 0.717) is 28.5 Å². The number of alkyl carbamates (subject to hydrolysis) is 1. The maximum absolute atomic E-state index is 14.8. The van der Waals surface area contributed by atoms with E-state index >= 15 is 0 Å². The largest absolute Gasteiger partial charge is 0.444 e. The summed E-state index contributed by atoms with van der Waals surface area (Å²) in [6, 6.07) is 1.09. The normalized spacial score (nSPS) is 21.3. The van der Waals surface area contributed by atoms with Crippen molar-refractivity contribution in [2.45, 2.75) is 45.3 Å². The summed E-state index contributed by atoms with van der Waals surface area (Å²) >= 11 is 10.1. The standard InChI is InChI=1S/C24H26BrClFN5O4/c1-23(2,3)36-22(34)30-14-8-24(14)5-6-32(10-24)19-11(25)9-29-20-16(19)15-17(26)12(27)7-13(18(15)31-20)35-21(33)28-4/h7,9,14H,5-6,8,10H2,1-4H3,(H,28,33)(H,29,31)(H,30,34). The lowest BCUT2D eigenvalue weighted by Gasteiger charge is -2.22. The van der Waals surface area contributed by atoms with Crippen LogP contribution in [0.25, 0.3) is 21.9 Å². The summed E-state index contributed by atoms with van der Waals surface area (Å²) in [6.07, 6.45) is 2.24. The Hall–Kier alpha value is -2.79. The van der Waals surface area contributed by atoms with Crippen molar-refractivity contribution >= 4 is 67.3 Å². The molecule has 1 spiro atoms. The van der Waals surface area contributed by atoms with E-state index in [0.717, 1.165) is 35.6 Å². The average molecular weight is 583 g/mol. The van der Waals surface area contributed by atoms with E-state index in [4.69, 9.17) is 21.1 Å². The molecule has 0 bridgehead atoms. The highest BCUT2D eigenvalue weighted by atomic mass is 79.9. The SMILES string of the molecule is CNC(=O)Oc1cc(F)c(Cl)c2c1[nH]c1ncc(Br)c(N3CCC4(CC4NC(=O)OC(C)(C)C)C3)c12. The van der Waals surface area contributed by atoms with Crippen LogP contribution in [-0.2, 0) is 4.74 Å². The summed E-state index contributed by atoms with van der Waals surface area (Å²) in [5.74, 6) is -0.704. The zero-order valence-electron chi connectivity index (χ0n) is 20.2. The first-order valence-corrected chi connectivity index (χ1v) is 12.7. The average Bonchev–Trinajstić information content (AvgIpc) is 3.11. The molecule has 2 aliphatic rings. The number of aromatic nitrogens is 2. The van der Waals surface area contributed by atoms with Crippen LogP contribution < -0.4 is 20.3 Å². The van der Waals surface area contributed by atoms with Crippen LogP contribution in [0.5, 0.6) is 5.75 Å². The number of hydrogen-bond donors (Lipinski definition) is 3. The van der Waals surface area contributed by atoms with Gasteiger partial charge in [0.05, 0.1) is 26.1 Å². The highest BCUT2D eigenvalue weighted by Gasteiger charge is 2.58. The topological polar surface area (TPSA) is 109 Å². The number of anilines is 1. The molecule has 1 saturated carbocycles. The number of nitrogens with one attached hydrogen (secondary N) is 3. The van der Waals surface area contributed by atoms with Crippen LogP contribution in [0.4, 0.5) is 19.7 Å². The number of hydrogen-bond acceptors (Lipinski definition) is 6. The first-order valence-electron chi connectivity index (χ1n) is 11.5. The van der Waals surface area contributed by atoms with Crippen molar-refractivity contribution in [2.75, 3.05) is 25.0 Å². The molecule has 3 heterocycles. The number of nitrogens with zero attached hydrogens (tertiary/aromatic N) is 2. The Balaban J connectivity index is 1.51. The van der Waals surface area contributed by atoms with Gasteiger partial charge in [0.15, 0.2) is 5.75 Å². The number of rotatable bonds is 3. The van der Waals surface area contributed by atoms with Crippen LogP contribution in [0.15, 0.2) is 16.7 Å². The van der Waals surface area contributed by atoms with Gasteiger partial charge in [0.25, 0.3) is 0 Å². The molecule has 2 unspecified atom stereocenters. The number of carbonyl (C=O) groups excluding carboxylic acids is 2. The molecule has 36 heavy (non-hydrogen) atoms. The van der Waals surface area contributed by atoms with Gasteiger partial charge in [0.2, 0.25) is 0 Å². The Morgan fingerprint density at radius 3 is 2.78 bits per heavy atom. The smallest absolute Gasteiger partial charge is 0.412 e. The lowest BCUT2D eigenvalue weighted by molar-refractivity contribution is 0.0516. The van der Waals surface area contributed by atoms with Crippen LogP contribution in [-0.4, -0.2) is 53.9 Å². The second-order valence-corrected chi connectivity index (χ2v) is 11.5. The van der Waals surface area contributed by atoms with Gasteiger partial charge in [-0.25, -0.2) is 19.0 Å². The predicted molar refractivity (Wildman–Crippen MR) is 138 cm³/mol. The lowest BCUT2D eigenvalue weighted by atomic mass is 10.1. The monoisotopic (exact) mass is 581 g/mol. The molecule has 1 saturated heterocycles. The summed E-state index contributed by atoms with van der Waals surface area (Å²) < 4.78 is 26.3. The van der Waals surface area contributed by atoms with Gasteiger partial charge in [-0.05, 0) is 49.5 Å². The predicted octanol–water partition coefficient (Wildman–Crippen LogP) is 5.48. The molecular weight excluding hydrogens is 557 g/mol. The van der Waals surface area contributed by atoms with Gasteiger partial charge >= 0.3 is 12.2 Å². The highest BCUT2D eigenvalue weighted by molar-refractivity contribution is 9.10. The number of amides is 2. The second kappa shape index (κ2) is 8.65. The molecule has 1 aromatic carbocycles. The summed E-state index contributed by atoms with van der Waals surface area (Å²) in [5.41, 5.74) is 1.03. The maximum atomic E-state index is 14.8. The van der Waals surface area contributed by atoms with Crippen LogP contribution in [0.3, 0.4) is 0 Å². The van der Waals surface area contributed by atoms with Gasteiger partial charge < -0.3 is 30.0 Å². The van der Waals surface area contributed by atoms with Gasteiger partial charge in [-0.1, -0.05) is 11.6 Å². The third-order valence-electron chi connectivity index (χ3n) is 6.67. The number of pyridine rings is 1. The van der Waals surface area contributed by atoms with E-state index < -0.39 is 23.6 Å². The Morgan fingerprint density at radius 1 is 1.33 bits per heavy atom. The number of H-pyrrole nitrogens is 1. The van der Waals surface area contributed by atoms with Crippen molar-refractivity contribution < 1.29 is 23.5 Å². The fraction of sp³-hybridized carbons (Fsp3) is 0.458. The van der Waals surface area contributed by atoms with E-state index in [9.17, 15) is 14.0 Å². The van der Waals surface area contributed by atoms with E-state index in [1.54, 1.807) is 6.20 Å². The third kappa shape index (κ3) is 4.32. The van der Waals surface area contributed by atoms with E-state index in [1.807, 2.05) is 20.8 Å². The molecule has 2 amide bonds. The number of halogens is 3. The molecular formula is C24H26BrClFN5O4. The first kappa shape index (κ1) is 24.9. The van der Waals surface area contributed by atoms with Crippen molar-refractivity contribution in [1.82, 2.24) is 20.6 Å². The Kier molecular flexibility index (Phi) is 5.98. The van der Waals surface area contributed by atoms with E-state index in [1.165, 1.54) is 7.05 Å². The van der Waals surface area contributed by atoms with Crippen LogP contribution in [0.2, 0.25) is 5.02 Å². The number of ether oxygens (including phenoxy) is 2. The number of carbonyl (C=O) groups is 2. The molecule has 1 aliphatic carbocycles. The van der Waals surface area contributed by atoms with Crippen molar-refractivity contribution in [3.63, 3.8) is 0 Å². The molecule has 1 aliphatic heterocycles. The van der Waals surface area contributed by atoms with Crippen molar-refractivity contribution in [3.05, 3.63) is 27.6 Å². The molecule has 2 fully saturated rings. The minimum atomic E-state index is -0.732. The lowest BCUT2D eigenvalue weighted by Crippen LogP contribution is -2.36. The highest BCUT2D eigenvalue weighted by Crippen LogP contribution is 2.55. The molecule has 192 valence electrons. The van der Waals surface area contributed by atoms with Crippen LogP contribution >= 0.6 is 27.5 Å². The van der Waals surface area contributed by atoms with Gasteiger partial charge in [-0.2, -0.15) is 0 Å². The minimum absolute atomic E-state index is 0.00744. The molecule has 2 atom stereocenters. The van der Waals surface area contributed by atoms with Gasteiger partial charge in [0, 0.05) is 49.2 Å². The van der Waals surface area contributed by atoms with Crippen molar-refractivity contribution in [2.24, 2.45) is 5.41 Å². The summed E-state index contributed by atoms with van der Waals surface area (Å²) in [6.45, 7) is 6.91. The van der Waals surface area contributed by atoms with Crippen LogP contribution in [0, 0.1) is 11.2 Å². The third-order valence-corrected chi connectivity index (χ3v) is 7.62. The van der Waals surface area contributed by atoms with Crippen molar-refractivity contribution in [3.8, 4) is 5.75 Å². The first-order chi connectivity index (χ1) is 16.9. The fourth-order valence-corrected chi connectivity index (χ4v) is 5.77. The van der Waals surface area contributed by atoms with Crippen LogP contribution in [0.1, 0.15) is 33.6 Å². The summed E-state index contributed by atoms with van der Waals surface area (Å²) in [5, 5.41) is 6.27. The van der Waals surface area contributed by atoms with E-state index in [-0.39, 0.29) is 22.2 Å². The molecule has 3 N–H and O–H groups in total. The van der Waals surface area contributed by atoms with Gasteiger partial charge in [-0.3, -0.25) is 0 Å². The fourth-order valence-electron chi connectivity index (χ4n) is 4.97. The molecule has 0 radical (unpaired) electrons. The Bertz CT molecular complexity index is 1410. The number of benzene rings is 1. The molecule has 5 rings (SSSR count). The molecule has 9 nitrogen and oxygen atoms in total. The Labute approximate surface area is 220 Å². The number of fused-ring (bicyclic) bond motifs is 3. The molecule has 3 aromatic rings. The zero-order chi connectivity index (χ0) is 26.0. The van der Waals surface area contributed by atoms with E-state index in [2.05, 4.69) is 41.4 Å². The van der Waals surface area contributed by atoms with Gasteiger partial charge in [0.1, 0.15) is 17.1 Å². The van der Waals surface area contributed by atoms with Gasteiger partial charge in [-0.15, -0.1) is 0 Å². The maximum Gasteiger partial charge on any atom is 0.412 e. The number of aromatic amines is 1. The zero-order valence-corrected chi connectivity index (χ0v) is 22.6. The molecule has 2 aromatic heterocycles. The summed E-state index contributed by atoms with van der Waals surface area (Å²) in [4.78, 5) is 33.9.